The second-order valence-electron chi connectivity index (χ2n) is 6.51. The summed E-state index contributed by atoms with van der Waals surface area (Å²) in [5.74, 6) is 1.70. The number of methoxy groups -OCH3 is 1. The first-order chi connectivity index (χ1) is 14.7. The summed E-state index contributed by atoms with van der Waals surface area (Å²) in [6.45, 7) is 3.17. The Kier molecular flexibility index (Phi) is 6.35. The number of amides is 1. The van der Waals surface area contributed by atoms with Crippen LogP contribution in [0, 0.1) is 0 Å². The standard InChI is InChI=1S/C22H22N4O2S2/c1-3-29-18-8-5-16(6-9-18)21(27)26(14-13-25-12-4-11-23-25)22-24-19-10-7-17(28-2)15-20(19)30-22/h4-12,15H,3,13-14H2,1-2H3. The minimum Gasteiger partial charge on any atom is -0.497 e. The number of hydrogen-bond acceptors (Lipinski definition) is 6. The zero-order valence-corrected chi connectivity index (χ0v) is 18.4. The van der Waals surface area contributed by atoms with E-state index in [4.69, 9.17) is 9.72 Å². The number of ether oxygens (including phenoxy) is 1. The zero-order valence-electron chi connectivity index (χ0n) is 16.8. The molecule has 154 valence electrons. The quantitative estimate of drug-likeness (QED) is 0.364. The highest BCUT2D eigenvalue weighted by Crippen LogP contribution is 2.32. The summed E-state index contributed by atoms with van der Waals surface area (Å²) in [5, 5.41) is 4.92. The van der Waals surface area contributed by atoms with Gasteiger partial charge in [-0.2, -0.15) is 5.10 Å². The molecule has 0 unspecified atom stereocenters. The molecule has 8 heteroatoms. The molecule has 2 heterocycles. The fourth-order valence-electron chi connectivity index (χ4n) is 3.07. The van der Waals surface area contributed by atoms with Crippen molar-refractivity contribution in [2.75, 3.05) is 24.3 Å². The SMILES string of the molecule is CCSc1ccc(C(=O)N(CCn2cccn2)c2nc3ccc(OC)cc3s2)cc1. The first kappa shape index (κ1) is 20.4. The van der Waals surface area contributed by atoms with E-state index in [2.05, 4.69) is 12.0 Å². The number of carbonyl (C=O) groups is 1. The van der Waals surface area contributed by atoms with E-state index in [1.54, 1.807) is 30.0 Å². The summed E-state index contributed by atoms with van der Waals surface area (Å²) >= 11 is 3.24. The van der Waals surface area contributed by atoms with Gasteiger partial charge in [-0.25, -0.2) is 4.98 Å². The summed E-state index contributed by atoms with van der Waals surface area (Å²) in [5.41, 5.74) is 1.50. The number of hydrogen-bond donors (Lipinski definition) is 0. The number of anilines is 1. The van der Waals surface area contributed by atoms with Crippen LogP contribution in [-0.4, -0.2) is 40.1 Å². The van der Waals surface area contributed by atoms with Crippen LogP contribution in [0.1, 0.15) is 17.3 Å². The number of rotatable bonds is 8. The van der Waals surface area contributed by atoms with E-state index < -0.39 is 0 Å². The smallest absolute Gasteiger partial charge is 0.260 e. The van der Waals surface area contributed by atoms with Gasteiger partial charge < -0.3 is 4.74 Å². The molecule has 0 fully saturated rings. The van der Waals surface area contributed by atoms with E-state index in [1.165, 1.54) is 11.3 Å². The van der Waals surface area contributed by atoms with Crippen molar-refractivity contribution in [3.8, 4) is 5.75 Å². The lowest BCUT2D eigenvalue weighted by Crippen LogP contribution is -2.34. The highest BCUT2D eigenvalue weighted by molar-refractivity contribution is 7.99. The largest absolute Gasteiger partial charge is 0.497 e. The van der Waals surface area contributed by atoms with Gasteiger partial charge in [0.25, 0.3) is 5.91 Å². The highest BCUT2D eigenvalue weighted by atomic mass is 32.2. The van der Waals surface area contributed by atoms with Crippen LogP contribution in [-0.2, 0) is 6.54 Å². The Morgan fingerprint density at radius 3 is 2.77 bits per heavy atom. The molecule has 0 radical (unpaired) electrons. The van der Waals surface area contributed by atoms with Crippen molar-refractivity contribution in [1.82, 2.24) is 14.8 Å². The third kappa shape index (κ3) is 4.49. The fraction of sp³-hybridized carbons (Fsp3) is 0.227. The zero-order chi connectivity index (χ0) is 20.9. The predicted molar refractivity (Wildman–Crippen MR) is 123 cm³/mol. The minimum absolute atomic E-state index is 0.0683. The number of thiazole rings is 1. The third-order valence-electron chi connectivity index (χ3n) is 4.58. The van der Waals surface area contributed by atoms with Crippen LogP contribution in [0.2, 0.25) is 0 Å². The van der Waals surface area contributed by atoms with Crippen LogP contribution in [0.5, 0.6) is 5.75 Å². The van der Waals surface area contributed by atoms with E-state index in [1.807, 2.05) is 59.4 Å². The monoisotopic (exact) mass is 438 g/mol. The molecule has 0 bridgehead atoms. The molecule has 4 rings (SSSR count). The summed E-state index contributed by atoms with van der Waals surface area (Å²) in [6.07, 6.45) is 3.63. The molecular formula is C22H22N4O2S2. The fourth-order valence-corrected chi connectivity index (χ4v) is 4.75. The molecule has 2 aromatic carbocycles. The van der Waals surface area contributed by atoms with Gasteiger partial charge in [-0.05, 0) is 54.3 Å². The Hall–Kier alpha value is -2.84. The topological polar surface area (TPSA) is 60.2 Å². The lowest BCUT2D eigenvalue weighted by atomic mass is 10.2. The first-order valence-corrected chi connectivity index (χ1v) is 11.4. The van der Waals surface area contributed by atoms with Crippen molar-refractivity contribution >= 4 is 44.4 Å². The number of thioether (sulfide) groups is 1. The molecule has 1 amide bonds. The average molecular weight is 439 g/mol. The molecule has 0 spiro atoms. The first-order valence-electron chi connectivity index (χ1n) is 9.64. The Morgan fingerprint density at radius 1 is 1.23 bits per heavy atom. The van der Waals surface area contributed by atoms with Gasteiger partial charge >= 0.3 is 0 Å². The molecule has 4 aromatic rings. The van der Waals surface area contributed by atoms with Crippen LogP contribution in [0.25, 0.3) is 10.2 Å². The molecule has 0 atom stereocenters. The van der Waals surface area contributed by atoms with Crippen molar-refractivity contribution in [3.05, 3.63) is 66.5 Å². The molecule has 30 heavy (non-hydrogen) atoms. The van der Waals surface area contributed by atoms with Gasteiger partial charge in [-0.3, -0.25) is 14.4 Å². The molecule has 6 nitrogen and oxygen atoms in total. The number of fused-ring (bicyclic) bond motifs is 1. The summed E-state index contributed by atoms with van der Waals surface area (Å²) in [6, 6.07) is 15.4. The second-order valence-corrected chi connectivity index (χ2v) is 8.86. The molecule has 2 aromatic heterocycles. The maximum Gasteiger partial charge on any atom is 0.260 e. The Morgan fingerprint density at radius 2 is 2.07 bits per heavy atom. The lowest BCUT2D eigenvalue weighted by Gasteiger charge is -2.20. The van der Waals surface area contributed by atoms with E-state index >= 15 is 0 Å². The number of carbonyl (C=O) groups excluding carboxylic acids is 1. The molecule has 0 aliphatic carbocycles. The Balaban J connectivity index is 1.65. The number of nitrogens with zero attached hydrogens (tertiary/aromatic N) is 4. The van der Waals surface area contributed by atoms with Gasteiger partial charge in [0.05, 0.1) is 23.9 Å². The molecule has 0 aliphatic heterocycles. The minimum atomic E-state index is -0.0683. The normalized spacial score (nSPS) is 11.0. The predicted octanol–water partition coefficient (Wildman–Crippen LogP) is 4.96. The maximum atomic E-state index is 13.4. The summed E-state index contributed by atoms with van der Waals surface area (Å²) in [4.78, 5) is 21.0. The molecule has 0 saturated heterocycles. The summed E-state index contributed by atoms with van der Waals surface area (Å²) in [7, 11) is 1.64. The highest BCUT2D eigenvalue weighted by Gasteiger charge is 2.21. The van der Waals surface area contributed by atoms with E-state index in [9.17, 15) is 4.79 Å². The van der Waals surface area contributed by atoms with Crippen LogP contribution in [0.15, 0.2) is 65.8 Å². The molecule has 0 saturated carbocycles. The van der Waals surface area contributed by atoms with Gasteiger partial charge in [0.2, 0.25) is 0 Å². The van der Waals surface area contributed by atoms with Crippen molar-refractivity contribution < 1.29 is 9.53 Å². The van der Waals surface area contributed by atoms with Crippen molar-refractivity contribution in [2.24, 2.45) is 0 Å². The third-order valence-corrected chi connectivity index (χ3v) is 6.52. The van der Waals surface area contributed by atoms with Gasteiger partial charge in [0, 0.05) is 29.4 Å². The van der Waals surface area contributed by atoms with Crippen LogP contribution in [0.4, 0.5) is 5.13 Å². The Bertz CT molecular complexity index is 1120. The second kappa shape index (κ2) is 9.32. The van der Waals surface area contributed by atoms with Crippen molar-refractivity contribution in [2.45, 2.75) is 18.4 Å². The molecular weight excluding hydrogens is 416 g/mol. The van der Waals surface area contributed by atoms with Crippen LogP contribution >= 0.6 is 23.1 Å². The van der Waals surface area contributed by atoms with E-state index in [-0.39, 0.29) is 5.91 Å². The summed E-state index contributed by atoms with van der Waals surface area (Å²) < 4.78 is 8.12. The number of aromatic nitrogens is 3. The van der Waals surface area contributed by atoms with Crippen molar-refractivity contribution in [1.29, 1.82) is 0 Å². The lowest BCUT2D eigenvalue weighted by molar-refractivity contribution is 0.0985. The van der Waals surface area contributed by atoms with Gasteiger partial charge in [-0.15, -0.1) is 11.8 Å². The average Bonchev–Trinajstić information content (AvgIpc) is 3.43. The number of benzene rings is 2. The van der Waals surface area contributed by atoms with Gasteiger partial charge in [0.1, 0.15) is 5.75 Å². The Labute approximate surface area is 183 Å². The van der Waals surface area contributed by atoms with Crippen LogP contribution < -0.4 is 9.64 Å². The molecule has 0 aliphatic rings. The van der Waals surface area contributed by atoms with Crippen LogP contribution in [0.3, 0.4) is 0 Å². The van der Waals surface area contributed by atoms with E-state index in [0.29, 0.717) is 23.8 Å². The van der Waals surface area contributed by atoms with E-state index in [0.717, 1.165) is 26.6 Å². The van der Waals surface area contributed by atoms with Gasteiger partial charge in [0.15, 0.2) is 5.13 Å². The molecule has 0 N–H and O–H groups in total. The van der Waals surface area contributed by atoms with Crippen molar-refractivity contribution in [3.63, 3.8) is 0 Å². The maximum absolute atomic E-state index is 13.4. The van der Waals surface area contributed by atoms with Gasteiger partial charge in [-0.1, -0.05) is 18.3 Å².